The van der Waals surface area contributed by atoms with Crippen LogP contribution in [0.2, 0.25) is 0 Å². The number of hydrogen-bond acceptors (Lipinski definition) is 2. The molecule has 0 aliphatic rings. The molecule has 0 fully saturated rings. The van der Waals surface area contributed by atoms with E-state index in [1.54, 1.807) is 18.2 Å². The van der Waals surface area contributed by atoms with E-state index in [-0.39, 0.29) is 17.4 Å². The molecule has 6 heteroatoms. The maximum absolute atomic E-state index is 12.7. The molecule has 0 atom stereocenters. The second kappa shape index (κ2) is 5.31. The summed E-state index contributed by atoms with van der Waals surface area (Å²) >= 11 is 17.2. The summed E-state index contributed by atoms with van der Waals surface area (Å²) in [6, 6.07) is 10.4. The zero-order chi connectivity index (χ0) is 13.2. The Morgan fingerprint density at radius 1 is 1.00 bits per heavy atom. The molecule has 0 radical (unpaired) electrons. The third-order valence-electron chi connectivity index (χ3n) is 2.05. The van der Waals surface area contributed by atoms with Crippen LogP contribution < -0.4 is 4.74 Å². The predicted molar refractivity (Wildman–Crippen MR) is 69.9 cm³/mol. The summed E-state index contributed by atoms with van der Waals surface area (Å²) in [7, 11) is 0. The lowest BCUT2D eigenvalue weighted by Gasteiger charge is -2.11. The van der Waals surface area contributed by atoms with Crippen LogP contribution in [0.4, 0.5) is 4.39 Å². The van der Waals surface area contributed by atoms with Gasteiger partial charge in [-0.15, -0.1) is 0 Å². The maximum atomic E-state index is 12.7. The Kier molecular flexibility index (Phi) is 3.95. The first-order chi connectivity index (χ1) is 8.45. The molecule has 0 amide bonds. The minimum absolute atomic E-state index is 0.257. The molecule has 2 rings (SSSR count). The molecule has 0 spiro atoms. The molecular weight excluding hydrogens is 299 g/mol. The summed E-state index contributed by atoms with van der Waals surface area (Å²) in [6.07, 6.45) is 0. The number of pyridine rings is 1. The largest absolute Gasteiger partial charge is 0.439 e. The highest BCUT2D eigenvalue weighted by molar-refractivity contribution is 6.66. The second-order valence-electron chi connectivity index (χ2n) is 3.41. The standard InChI is InChI=1S/C12H7Cl3FNO/c13-12(14,15)10-2-1-3-11(17-10)18-9-6-4-8(16)5-7-9/h1-7H. The lowest BCUT2D eigenvalue weighted by atomic mass is 10.3. The Hall–Kier alpha value is -1.03. The smallest absolute Gasteiger partial charge is 0.232 e. The highest BCUT2D eigenvalue weighted by Crippen LogP contribution is 2.37. The van der Waals surface area contributed by atoms with Crippen molar-refractivity contribution in [1.82, 2.24) is 4.98 Å². The molecule has 1 aromatic carbocycles. The van der Waals surface area contributed by atoms with E-state index in [1.165, 1.54) is 24.3 Å². The minimum Gasteiger partial charge on any atom is -0.439 e. The highest BCUT2D eigenvalue weighted by atomic mass is 35.6. The van der Waals surface area contributed by atoms with Crippen LogP contribution in [0.25, 0.3) is 0 Å². The van der Waals surface area contributed by atoms with Gasteiger partial charge >= 0.3 is 0 Å². The molecule has 2 aromatic rings. The van der Waals surface area contributed by atoms with Crippen LogP contribution in [0, 0.1) is 5.82 Å². The molecule has 18 heavy (non-hydrogen) atoms. The number of benzene rings is 1. The molecule has 0 unspecified atom stereocenters. The van der Waals surface area contributed by atoms with Crippen LogP contribution in [0.5, 0.6) is 11.6 Å². The Morgan fingerprint density at radius 3 is 2.28 bits per heavy atom. The molecule has 0 saturated carbocycles. The third-order valence-corrected chi connectivity index (χ3v) is 2.63. The number of ether oxygens (including phenoxy) is 1. The molecule has 1 aromatic heterocycles. The molecule has 0 N–H and O–H groups in total. The van der Waals surface area contributed by atoms with Crippen LogP contribution >= 0.6 is 34.8 Å². The summed E-state index contributed by atoms with van der Waals surface area (Å²) in [5, 5.41) is 0. The first-order valence-electron chi connectivity index (χ1n) is 4.93. The fraction of sp³-hybridized carbons (Fsp3) is 0.0833. The van der Waals surface area contributed by atoms with Crippen LogP contribution in [0.1, 0.15) is 5.69 Å². The van der Waals surface area contributed by atoms with Gasteiger partial charge in [-0.05, 0) is 30.3 Å². The predicted octanol–water partition coefficient (Wildman–Crippen LogP) is 4.84. The van der Waals surface area contributed by atoms with Crippen LogP contribution in [0.15, 0.2) is 42.5 Å². The zero-order valence-electron chi connectivity index (χ0n) is 8.91. The molecule has 0 saturated heterocycles. The first-order valence-corrected chi connectivity index (χ1v) is 6.06. The number of alkyl halides is 3. The highest BCUT2D eigenvalue weighted by Gasteiger charge is 2.24. The normalized spacial score (nSPS) is 11.3. The molecule has 0 bridgehead atoms. The Balaban J connectivity index is 2.22. The number of rotatable bonds is 2. The van der Waals surface area contributed by atoms with Gasteiger partial charge in [0, 0.05) is 6.07 Å². The summed E-state index contributed by atoms with van der Waals surface area (Å²) in [5.74, 6) is 0.376. The molecule has 0 aliphatic carbocycles. The van der Waals surface area contributed by atoms with Gasteiger partial charge in [0.05, 0.1) is 5.69 Å². The summed E-state index contributed by atoms with van der Waals surface area (Å²) < 4.78 is 16.5. The van der Waals surface area contributed by atoms with E-state index >= 15 is 0 Å². The van der Waals surface area contributed by atoms with E-state index in [1.807, 2.05) is 0 Å². The molecule has 0 aliphatic heterocycles. The molecule has 2 nitrogen and oxygen atoms in total. The average molecular weight is 307 g/mol. The SMILES string of the molecule is Fc1ccc(Oc2cccc(C(Cl)(Cl)Cl)n2)cc1. The van der Waals surface area contributed by atoms with Crippen molar-refractivity contribution in [3.05, 3.63) is 54.0 Å². The van der Waals surface area contributed by atoms with Crippen molar-refractivity contribution in [3.8, 4) is 11.6 Å². The fourth-order valence-electron chi connectivity index (χ4n) is 1.25. The van der Waals surface area contributed by atoms with Crippen molar-refractivity contribution in [3.63, 3.8) is 0 Å². The van der Waals surface area contributed by atoms with Gasteiger partial charge < -0.3 is 4.74 Å². The van der Waals surface area contributed by atoms with Crippen LogP contribution in [0.3, 0.4) is 0 Å². The third kappa shape index (κ3) is 3.48. The monoisotopic (exact) mass is 305 g/mol. The van der Waals surface area contributed by atoms with E-state index in [0.29, 0.717) is 5.75 Å². The van der Waals surface area contributed by atoms with Gasteiger partial charge in [-0.1, -0.05) is 40.9 Å². The van der Waals surface area contributed by atoms with Crippen molar-refractivity contribution >= 4 is 34.8 Å². The van der Waals surface area contributed by atoms with Gasteiger partial charge in [0.15, 0.2) is 0 Å². The van der Waals surface area contributed by atoms with Gasteiger partial charge in [-0.3, -0.25) is 0 Å². The summed E-state index contributed by atoms with van der Waals surface area (Å²) in [4.78, 5) is 4.05. The van der Waals surface area contributed by atoms with E-state index in [0.717, 1.165) is 0 Å². The van der Waals surface area contributed by atoms with Gasteiger partial charge in [0.2, 0.25) is 9.67 Å². The van der Waals surface area contributed by atoms with Crippen LogP contribution in [-0.2, 0) is 3.79 Å². The van der Waals surface area contributed by atoms with Gasteiger partial charge in [-0.2, -0.15) is 0 Å². The number of nitrogens with zero attached hydrogens (tertiary/aromatic N) is 1. The number of halogens is 4. The van der Waals surface area contributed by atoms with Crippen molar-refractivity contribution in [2.24, 2.45) is 0 Å². The van der Waals surface area contributed by atoms with Gasteiger partial charge in [0.25, 0.3) is 0 Å². The van der Waals surface area contributed by atoms with Gasteiger partial charge in [0.1, 0.15) is 11.6 Å². The van der Waals surface area contributed by atoms with E-state index in [4.69, 9.17) is 39.5 Å². The Labute approximate surface area is 118 Å². The Bertz CT molecular complexity index is 540. The summed E-state index contributed by atoms with van der Waals surface area (Å²) in [5.41, 5.74) is 0.257. The zero-order valence-corrected chi connectivity index (χ0v) is 11.2. The molecular formula is C12H7Cl3FNO. The van der Waals surface area contributed by atoms with E-state index in [9.17, 15) is 4.39 Å². The van der Waals surface area contributed by atoms with Crippen LogP contribution in [-0.4, -0.2) is 4.98 Å². The van der Waals surface area contributed by atoms with Crippen molar-refractivity contribution < 1.29 is 9.13 Å². The molecule has 1 heterocycles. The quantitative estimate of drug-likeness (QED) is 0.741. The maximum Gasteiger partial charge on any atom is 0.232 e. The van der Waals surface area contributed by atoms with Crippen molar-refractivity contribution in [2.75, 3.05) is 0 Å². The minimum atomic E-state index is -1.61. The van der Waals surface area contributed by atoms with Crippen molar-refractivity contribution in [1.29, 1.82) is 0 Å². The topological polar surface area (TPSA) is 22.1 Å². The second-order valence-corrected chi connectivity index (χ2v) is 5.70. The lowest BCUT2D eigenvalue weighted by molar-refractivity contribution is 0.459. The van der Waals surface area contributed by atoms with E-state index in [2.05, 4.69) is 4.98 Å². The number of aromatic nitrogens is 1. The van der Waals surface area contributed by atoms with Gasteiger partial charge in [-0.25, -0.2) is 9.37 Å². The summed E-state index contributed by atoms with van der Waals surface area (Å²) in [6.45, 7) is 0. The lowest BCUT2D eigenvalue weighted by Crippen LogP contribution is -2.03. The Morgan fingerprint density at radius 2 is 1.67 bits per heavy atom. The fourth-order valence-corrected chi connectivity index (χ4v) is 1.57. The first kappa shape index (κ1) is 13.4. The van der Waals surface area contributed by atoms with Crippen molar-refractivity contribution in [2.45, 2.75) is 3.79 Å². The van der Waals surface area contributed by atoms with E-state index < -0.39 is 3.79 Å². The molecule has 94 valence electrons. The average Bonchev–Trinajstić information content (AvgIpc) is 2.31. The number of hydrogen-bond donors (Lipinski definition) is 0.